The fourth-order valence-electron chi connectivity index (χ4n) is 3.30. The fourth-order valence-corrected chi connectivity index (χ4v) is 3.30. The van der Waals surface area contributed by atoms with E-state index in [1.807, 2.05) is 25.1 Å². The van der Waals surface area contributed by atoms with Gasteiger partial charge in [-0.15, -0.1) is 0 Å². The predicted molar refractivity (Wildman–Crippen MR) is 108 cm³/mol. The Morgan fingerprint density at radius 1 is 0.621 bits per heavy atom. The molecule has 0 fully saturated rings. The molecule has 3 rings (SSSR count). The van der Waals surface area contributed by atoms with Gasteiger partial charge in [0.2, 0.25) is 0 Å². The normalized spacial score (nSPS) is 11.2. The summed E-state index contributed by atoms with van der Waals surface area (Å²) in [6.45, 7) is 1.94. The molecule has 0 aliphatic carbocycles. The summed E-state index contributed by atoms with van der Waals surface area (Å²) in [6, 6.07) is 10.5. The Morgan fingerprint density at radius 2 is 0.897 bits per heavy atom. The molecule has 0 spiro atoms. The minimum absolute atomic E-state index is 0.242. The molecule has 0 aliphatic heterocycles. The van der Waals surface area contributed by atoms with E-state index >= 15 is 0 Å². The molecule has 3 amide bonds. The van der Waals surface area contributed by atoms with E-state index in [4.69, 9.17) is 0 Å². The van der Waals surface area contributed by atoms with Crippen LogP contribution in [0.25, 0.3) is 0 Å². The Balaban J connectivity index is 2.15. The molecule has 0 aliphatic rings. The van der Waals surface area contributed by atoms with Crippen LogP contribution in [-0.2, 0) is 5.41 Å². The average Bonchev–Trinajstić information content (AvgIpc) is 3.50. The van der Waals surface area contributed by atoms with Crippen molar-refractivity contribution >= 4 is 17.7 Å². The zero-order valence-corrected chi connectivity index (χ0v) is 16.7. The van der Waals surface area contributed by atoms with Crippen LogP contribution in [0.1, 0.15) is 55.5 Å². The maximum Gasteiger partial charge on any atom is 0.267 e. The van der Waals surface area contributed by atoms with Crippen LogP contribution >= 0.6 is 0 Å². The highest BCUT2D eigenvalue weighted by atomic mass is 16.2. The smallest absolute Gasteiger partial charge is 0.267 e. The Kier molecular flexibility index (Phi) is 5.31. The summed E-state index contributed by atoms with van der Waals surface area (Å²) < 4.78 is 0. The molecule has 0 bridgehead atoms. The van der Waals surface area contributed by atoms with Crippen molar-refractivity contribution in [2.45, 2.75) is 12.3 Å². The van der Waals surface area contributed by atoms with Crippen LogP contribution in [0.4, 0.5) is 0 Å². The third kappa shape index (κ3) is 3.42. The second-order valence-electron chi connectivity index (χ2n) is 6.72. The lowest BCUT2D eigenvalue weighted by Crippen LogP contribution is -2.28. The number of hydrogen-bond acceptors (Lipinski definition) is 3. The zero-order chi connectivity index (χ0) is 21.2. The van der Waals surface area contributed by atoms with Gasteiger partial charge in [0.25, 0.3) is 17.7 Å². The molecular weight excluding hydrogens is 372 g/mol. The number of aromatic amines is 3. The van der Waals surface area contributed by atoms with E-state index in [0.717, 1.165) is 0 Å². The van der Waals surface area contributed by atoms with Gasteiger partial charge >= 0.3 is 0 Å². The van der Waals surface area contributed by atoms with Crippen molar-refractivity contribution in [3.63, 3.8) is 0 Å². The van der Waals surface area contributed by atoms with E-state index in [1.54, 1.807) is 39.3 Å². The summed E-state index contributed by atoms with van der Waals surface area (Å²) >= 11 is 0. The van der Waals surface area contributed by atoms with Gasteiger partial charge in [0, 0.05) is 38.2 Å². The lowest BCUT2D eigenvalue weighted by molar-refractivity contribution is 0.0951. The van der Waals surface area contributed by atoms with Gasteiger partial charge in [0.1, 0.15) is 17.1 Å². The molecular formula is C20H24N6O3. The molecule has 0 saturated heterocycles. The first-order chi connectivity index (χ1) is 13.8. The quantitative estimate of drug-likeness (QED) is 0.372. The average molecular weight is 396 g/mol. The van der Waals surface area contributed by atoms with Crippen molar-refractivity contribution in [1.29, 1.82) is 0 Å². The maximum absolute atomic E-state index is 12.0. The zero-order valence-electron chi connectivity index (χ0n) is 16.7. The molecule has 0 unspecified atom stereocenters. The summed E-state index contributed by atoms with van der Waals surface area (Å²) in [5, 5.41) is 7.76. The van der Waals surface area contributed by atoms with E-state index in [2.05, 4.69) is 30.9 Å². The number of H-pyrrole nitrogens is 3. The van der Waals surface area contributed by atoms with Gasteiger partial charge in [-0.3, -0.25) is 14.4 Å². The monoisotopic (exact) mass is 396 g/mol. The number of carbonyl (C=O) groups is 3. The number of hydrogen-bond donors (Lipinski definition) is 6. The summed E-state index contributed by atoms with van der Waals surface area (Å²) in [4.78, 5) is 45.5. The van der Waals surface area contributed by atoms with Crippen molar-refractivity contribution in [3.8, 4) is 0 Å². The molecule has 3 heterocycles. The molecule has 0 saturated carbocycles. The Labute approximate surface area is 167 Å². The lowest BCUT2D eigenvalue weighted by Gasteiger charge is -2.27. The first-order valence-corrected chi connectivity index (χ1v) is 9.09. The van der Waals surface area contributed by atoms with Gasteiger partial charge in [0.15, 0.2) is 0 Å². The van der Waals surface area contributed by atoms with Crippen LogP contribution in [0.5, 0.6) is 0 Å². The number of nitrogens with one attached hydrogen (secondary N) is 6. The van der Waals surface area contributed by atoms with Crippen LogP contribution < -0.4 is 16.0 Å². The highest BCUT2D eigenvalue weighted by molar-refractivity contribution is 5.93. The predicted octanol–water partition coefficient (Wildman–Crippen LogP) is 1.10. The molecule has 9 heteroatoms. The topological polar surface area (TPSA) is 135 Å². The van der Waals surface area contributed by atoms with Crippen molar-refractivity contribution in [2.24, 2.45) is 0 Å². The van der Waals surface area contributed by atoms with E-state index in [-0.39, 0.29) is 17.7 Å². The first-order valence-electron chi connectivity index (χ1n) is 9.09. The minimum atomic E-state index is -0.815. The highest BCUT2D eigenvalue weighted by Gasteiger charge is 2.36. The van der Waals surface area contributed by atoms with Gasteiger partial charge in [0.05, 0.1) is 5.41 Å². The largest absolute Gasteiger partial charge is 0.354 e. The fraction of sp³-hybridized carbons (Fsp3) is 0.250. The second kappa shape index (κ2) is 7.70. The standard InChI is InChI=1S/C20H24N6O3/c1-20(14-8-5-11(24-14)17(27)21-2,15-9-6-12(25-15)18(28)22-3)16-10-7-13(26-16)19(29)23-4/h5-10,24-26H,1-4H3,(H,21,27)(H,22,28)(H,23,29). The lowest BCUT2D eigenvalue weighted by atomic mass is 9.80. The van der Waals surface area contributed by atoms with Gasteiger partial charge in [-0.05, 0) is 43.3 Å². The van der Waals surface area contributed by atoms with E-state index in [1.165, 1.54) is 0 Å². The molecule has 3 aromatic rings. The van der Waals surface area contributed by atoms with E-state index in [9.17, 15) is 14.4 Å². The highest BCUT2D eigenvalue weighted by Crippen LogP contribution is 2.37. The van der Waals surface area contributed by atoms with E-state index in [0.29, 0.717) is 34.2 Å². The number of carbonyl (C=O) groups excluding carboxylic acids is 3. The van der Waals surface area contributed by atoms with Gasteiger partial charge in [-0.2, -0.15) is 0 Å². The van der Waals surface area contributed by atoms with Crippen LogP contribution in [0.3, 0.4) is 0 Å². The van der Waals surface area contributed by atoms with Crippen LogP contribution in [-0.4, -0.2) is 53.8 Å². The summed E-state index contributed by atoms with van der Waals surface area (Å²) in [7, 11) is 4.68. The molecule has 152 valence electrons. The third-order valence-electron chi connectivity index (χ3n) is 5.09. The van der Waals surface area contributed by atoms with Gasteiger partial charge in [-0.25, -0.2) is 0 Å². The van der Waals surface area contributed by atoms with Crippen molar-refractivity contribution in [1.82, 2.24) is 30.9 Å². The van der Waals surface area contributed by atoms with Crippen molar-refractivity contribution in [3.05, 3.63) is 70.6 Å². The van der Waals surface area contributed by atoms with Crippen molar-refractivity contribution < 1.29 is 14.4 Å². The molecule has 0 aromatic carbocycles. The number of amides is 3. The Morgan fingerprint density at radius 3 is 1.14 bits per heavy atom. The second-order valence-corrected chi connectivity index (χ2v) is 6.72. The number of aromatic nitrogens is 3. The minimum Gasteiger partial charge on any atom is -0.354 e. The number of rotatable bonds is 6. The summed E-state index contributed by atoms with van der Waals surface area (Å²) in [5.74, 6) is -0.726. The molecule has 0 atom stereocenters. The Bertz CT molecular complexity index is 926. The van der Waals surface area contributed by atoms with Crippen LogP contribution in [0.2, 0.25) is 0 Å². The van der Waals surface area contributed by atoms with Crippen LogP contribution in [0.15, 0.2) is 36.4 Å². The molecule has 6 N–H and O–H groups in total. The third-order valence-corrected chi connectivity index (χ3v) is 5.09. The first kappa shape index (κ1) is 20.0. The molecule has 0 radical (unpaired) electrons. The van der Waals surface area contributed by atoms with Crippen molar-refractivity contribution in [2.75, 3.05) is 21.1 Å². The Hall–Kier alpha value is -3.75. The maximum atomic E-state index is 12.0. The summed E-state index contributed by atoms with van der Waals surface area (Å²) in [6.07, 6.45) is 0. The van der Waals surface area contributed by atoms with E-state index < -0.39 is 5.41 Å². The van der Waals surface area contributed by atoms with Gasteiger partial charge in [-0.1, -0.05) is 0 Å². The van der Waals surface area contributed by atoms with Gasteiger partial charge < -0.3 is 30.9 Å². The van der Waals surface area contributed by atoms with Crippen LogP contribution in [0, 0.1) is 0 Å². The molecule has 3 aromatic heterocycles. The summed E-state index contributed by atoms with van der Waals surface area (Å²) in [5.41, 5.74) is 2.55. The molecule has 9 nitrogen and oxygen atoms in total. The molecule has 29 heavy (non-hydrogen) atoms. The SMILES string of the molecule is CNC(=O)c1ccc(C(C)(c2ccc(C(=O)NC)[nH]2)c2ccc(C(=O)NC)[nH]2)[nH]1.